The van der Waals surface area contributed by atoms with Gasteiger partial charge in [-0.25, -0.2) is 0 Å². The highest BCUT2D eigenvalue weighted by Crippen LogP contribution is 2.15. The molecule has 0 heterocycles. The summed E-state index contributed by atoms with van der Waals surface area (Å²) in [5, 5.41) is 61.9. The Balaban J connectivity index is 1.86. The minimum Gasteiger partial charge on any atom is -0.508 e. The minimum atomic E-state index is -1.99. The fourth-order valence-electron chi connectivity index (χ4n) is 8.08. The number of aliphatic hydroxyl groups is 1. The Kier molecular flexibility index (Phi) is 29.2. The van der Waals surface area contributed by atoms with Crippen molar-refractivity contribution in [1.29, 1.82) is 0 Å². The van der Waals surface area contributed by atoms with Gasteiger partial charge in [0.05, 0.1) is 13.0 Å². The minimum absolute atomic E-state index is 0.0221. The van der Waals surface area contributed by atoms with Gasteiger partial charge in [-0.3, -0.25) is 52.7 Å². The van der Waals surface area contributed by atoms with Gasteiger partial charge in [0.25, 0.3) is 0 Å². The molecule has 3 aromatic carbocycles. The van der Waals surface area contributed by atoms with Crippen molar-refractivity contribution in [3.8, 4) is 11.5 Å². The molecule has 3 rings (SSSR count). The van der Waals surface area contributed by atoms with Gasteiger partial charge in [0.15, 0.2) is 0 Å². The molecule has 0 aliphatic heterocycles. The summed E-state index contributed by atoms with van der Waals surface area (Å²) in [6.07, 6.45) is -0.695. The second-order valence-corrected chi connectivity index (χ2v) is 20.4. The summed E-state index contributed by atoms with van der Waals surface area (Å²) < 4.78 is 0. The number of aliphatic hydroxyl groups excluding tert-OH is 1. The molecule has 0 spiro atoms. The van der Waals surface area contributed by atoms with Crippen LogP contribution in [0.15, 0.2) is 78.9 Å². The number of benzene rings is 3. The number of amides is 10. The van der Waals surface area contributed by atoms with Gasteiger partial charge >= 0.3 is 5.97 Å². The Morgan fingerprint density at radius 1 is 0.476 bits per heavy atom. The van der Waals surface area contributed by atoms with Gasteiger partial charge in [-0.15, -0.1) is 0 Å². The molecule has 0 radical (unpaired) electrons. The highest BCUT2D eigenvalue weighted by Gasteiger charge is 2.36. The normalized spacial score (nSPS) is 14.3. The van der Waals surface area contributed by atoms with E-state index in [0.29, 0.717) is 29.5 Å². The third-order valence-corrected chi connectivity index (χ3v) is 13.1. The van der Waals surface area contributed by atoms with Gasteiger partial charge in [0, 0.05) is 37.7 Å². The lowest BCUT2D eigenvalue weighted by molar-refractivity contribution is -0.141. The first-order valence-corrected chi connectivity index (χ1v) is 27.5. The van der Waals surface area contributed by atoms with Gasteiger partial charge in [0.2, 0.25) is 59.1 Å². The number of primary amides is 1. The van der Waals surface area contributed by atoms with Crippen LogP contribution < -0.4 is 59.3 Å². The average Bonchev–Trinajstić information content (AvgIpc) is 3.48. The topological polar surface area (TPSA) is 429 Å². The summed E-state index contributed by atoms with van der Waals surface area (Å²) in [5.41, 5.74) is 12.8. The summed E-state index contributed by atoms with van der Waals surface area (Å²) >= 11 is 8.41. The molecule has 0 bridgehead atoms. The lowest BCUT2D eigenvalue weighted by atomic mass is 10.0. The van der Waals surface area contributed by atoms with E-state index in [9.17, 15) is 73.2 Å². The molecule has 28 heteroatoms. The van der Waals surface area contributed by atoms with E-state index in [-0.39, 0.29) is 61.8 Å². The molecule has 0 aliphatic carbocycles. The fourth-order valence-corrected chi connectivity index (χ4v) is 8.60. The summed E-state index contributed by atoms with van der Waals surface area (Å²) in [7, 11) is 0. The van der Waals surface area contributed by atoms with Crippen molar-refractivity contribution in [3.05, 3.63) is 95.6 Å². The van der Waals surface area contributed by atoms with Crippen molar-refractivity contribution >= 4 is 90.3 Å². The molecular weight excluding hydrogens is 1110 g/mol. The molecule has 0 aliphatic rings. The second-order valence-electron chi connectivity index (χ2n) is 19.6. The maximum absolute atomic E-state index is 14.3. The molecular formula is C54H75N11O15S2. The van der Waals surface area contributed by atoms with Crippen LogP contribution in [-0.4, -0.2) is 165 Å². The van der Waals surface area contributed by atoms with Crippen molar-refractivity contribution in [2.45, 2.75) is 127 Å². The molecule has 448 valence electrons. The molecule has 10 amide bonds. The largest absolute Gasteiger partial charge is 0.508 e. The molecule has 0 aromatic heterocycles. The van der Waals surface area contributed by atoms with Crippen molar-refractivity contribution in [1.82, 2.24) is 47.9 Å². The number of unbranched alkanes of at least 4 members (excludes halogenated alkanes) is 1. The number of aromatic hydroxyl groups is 2. The lowest BCUT2D eigenvalue weighted by Gasteiger charge is -2.28. The predicted molar refractivity (Wildman–Crippen MR) is 305 cm³/mol. The maximum Gasteiger partial charge on any atom is 0.305 e. The third kappa shape index (κ3) is 24.0. The number of carboxylic acids is 1. The molecule has 82 heavy (non-hydrogen) atoms. The van der Waals surface area contributed by atoms with E-state index in [1.807, 2.05) is 13.8 Å². The van der Waals surface area contributed by atoms with Crippen LogP contribution in [0.4, 0.5) is 0 Å². The molecule has 26 nitrogen and oxygen atoms in total. The Morgan fingerprint density at radius 3 is 1.23 bits per heavy atom. The number of rotatable bonds is 35. The SMILES string of the molecule is CC(=O)N[C@@H](Cc1ccccc1)C(=O)N[C@@H](CS)C(=O)N[C@@H](CO)C(=O)N[C@@H](CC(=O)O)C(=O)N[C@@H](Cc1ccc(O)cc1)C(=O)N[C@@H](CS)C(=O)N[C@@H](CCCCN)C(=O)N[C@@H](Cc1ccc(O)cc1)C(=O)N[C@@H](CC(C)C)C(N)=O. The number of nitrogens with two attached hydrogens (primary N) is 2. The Morgan fingerprint density at radius 2 is 0.829 bits per heavy atom. The van der Waals surface area contributed by atoms with E-state index in [1.54, 1.807) is 30.3 Å². The smallest absolute Gasteiger partial charge is 0.305 e. The summed E-state index contributed by atoms with van der Waals surface area (Å²) in [4.78, 5) is 147. The number of hydrogen-bond acceptors (Lipinski definition) is 17. The highest BCUT2D eigenvalue weighted by molar-refractivity contribution is 7.80. The van der Waals surface area contributed by atoms with Crippen LogP contribution in [0.25, 0.3) is 0 Å². The van der Waals surface area contributed by atoms with E-state index in [1.165, 1.54) is 55.5 Å². The van der Waals surface area contributed by atoms with E-state index < -0.39 is 138 Å². The second kappa shape index (κ2) is 35.0. The molecule has 0 fully saturated rings. The Hall–Kier alpha value is -7.95. The van der Waals surface area contributed by atoms with Crippen molar-refractivity contribution in [3.63, 3.8) is 0 Å². The van der Waals surface area contributed by atoms with Crippen molar-refractivity contribution in [2.24, 2.45) is 17.4 Å². The molecule has 0 unspecified atom stereocenters. The zero-order chi connectivity index (χ0) is 61.1. The van der Waals surface area contributed by atoms with Crippen LogP contribution in [-0.2, 0) is 72.0 Å². The van der Waals surface area contributed by atoms with E-state index in [4.69, 9.17) is 11.5 Å². The number of thiol groups is 2. The predicted octanol–water partition coefficient (Wildman–Crippen LogP) is -2.50. The first-order chi connectivity index (χ1) is 38.9. The first kappa shape index (κ1) is 68.3. The number of carboxylic acid groups (broad SMARTS) is 1. The number of hydrogen-bond donors (Lipinski definition) is 17. The van der Waals surface area contributed by atoms with Crippen LogP contribution in [0.2, 0.25) is 0 Å². The van der Waals surface area contributed by atoms with Gasteiger partial charge in [-0.2, -0.15) is 25.3 Å². The van der Waals surface area contributed by atoms with E-state index >= 15 is 0 Å². The van der Waals surface area contributed by atoms with Crippen LogP contribution in [0.3, 0.4) is 0 Å². The number of aliphatic carboxylic acids is 1. The fraction of sp³-hybridized carbons (Fsp3) is 0.463. The lowest BCUT2D eigenvalue weighted by Crippen LogP contribution is -2.61. The number of nitrogens with one attached hydrogen (secondary N) is 9. The highest BCUT2D eigenvalue weighted by atomic mass is 32.1. The molecule has 0 saturated carbocycles. The number of phenolic OH excluding ortho intramolecular Hbond substituents is 2. The van der Waals surface area contributed by atoms with Crippen LogP contribution in [0, 0.1) is 5.92 Å². The summed E-state index contributed by atoms with van der Waals surface area (Å²) in [6, 6.07) is 6.32. The number of carbonyl (C=O) groups excluding carboxylic acids is 10. The standard InChI is InChI=1S/C54H75N11O15S2/c1-29(2)21-37(46(56)72)59-49(75)39(23-32-12-16-34(68)17-13-32)60-47(73)36(11-7-8-20-55)58-53(79)43(27-81)65-50(76)40(24-33-14-18-35(69)19-15-33)61-51(77)41(25-45(70)71)62-52(78)42(26-66)63-54(80)44(28-82)64-48(74)38(57-30(3)67)22-31-9-5-4-6-10-31/h4-6,9-10,12-19,29,36-44,66,68-69,81-82H,7-8,11,20-28,55H2,1-3H3,(H2,56,72)(H,57,67)(H,58,79)(H,59,75)(H,60,73)(H,61,77)(H,62,78)(H,63,80)(H,64,74)(H,65,76)(H,70,71)/t36-,37-,38-,39-,40-,41-,42-,43-,44-/m0/s1. The van der Waals surface area contributed by atoms with E-state index in [0.717, 1.165) is 0 Å². The molecule has 3 aromatic rings. The number of carbonyl (C=O) groups is 11. The monoisotopic (exact) mass is 1180 g/mol. The quantitative estimate of drug-likeness (QED) is 0.0214. The van der Waals surface area contributed by atoms with Crippen LogP contribution in [0.1, 0.15) is 69.6 Å². The van der Waals surface area contributed by atoms with Gasteiger partial charge in [-0.05, 0) is 79.1 Å². The van der Waals surface area contributed by atoms with Crippen LogP contribution >= 0.6 is 25.3 Å². The zero-order valence-corrected chi connectivity index (χ0v) is 47.4. The maximum atomic E-state index is 14.3. The molecule has 9 atom stereocenters. The third-order valence-electron chi connectivity index (χ3n) is 12.4. The molecule has 0 saturated heterocycles. The number of phenols is 2. The Bertz CT molecular complexity index is 2650. The van der Waals surface area contributed by atoms with Gasteiger partial charge in [0.1, 0.15) is 65.9 Å². The zero-order valence-electron chi connectivity index (χ0n) is 45.6. The van der Waals surface area contributed by atoms with Crippen LogP contribution in [0.5, 0.6) is 11.5 Å². The summed E-state index contributed by atoms with van der Waals surface area (Å²) in [5.74, 6) is -12.0. The summed E-state index contributed by atoms with van der Waals surface area (Å²) in [6.45, 7) is 3.94. The van der Waals surface area contributed by atoms with Gasteiger partial charge in [-0.1, -0.05) is 68.4 Å². The Labute approximate surface area is 485 Å². The average molecular weight is 1180 g/mol. The van der Waals surface area contributed by atoms with Crippen molar-refractivity contribution < 1.29 is 73.2 Å². The van der Waals surface area contributed by atoms with Gasteiger partial charge < -0.3 is 79.7 Å². The first-order valence-electron chi connectivity index (χ1n) is 26.2. The van der Waals surface area contributed by atoms with E-state index in [2.05, 4.69) is 73.1 Å². The van der Waals surface area contributed by atoms with Crippen molar-refractivity contribution in [2.75, 3.05) is 24.7 Å². The molecule has 17 N–H and O–H groups in total.